The molecule has 1 fully saturated rings. The Morgan fingerprint density at radius 1 is 1.35 bits per heavy atom. The lowest BCUT2D eigenvalue weighted by Crippen LogP contribution is -2.54. The third-order valence-corrected chi connectivity index (χ3v) is 4.75. The van der Waals surface area contributed by atoms with Gasteiger partial charge >= 0.3 is 6.09 Å². The van der Waals surface area contributed by atoms with Crippen molar-refractivity contribution in [1.82, 2.24) is 15.1 Å². The lowest BCUT2D eigenvalue weighted by Gasteiger charge is -2.36. The van der Waals surface area contributed by atoms with E-state index in [1.54, 1.807) is 26.8 Å². The van der Waals surface area contributed by atoms with Gasteiger partial charge in [0.2, 0.25) is 5.67 Å². The molecular formula is C20H24FN5O5. The number of halogens is 1. The molecule has 3 rings (SSSR count). The molecule has 1 aromatic carbocycles. The molecule has 1 atom stereocenters. The molecule has 1 aliphatic rings. The van der Waals surface area contributed by atoms with Crippen LogP contribution in [0.25, 0.3) is 11.3 Å². The molecule has 0 saturated carbocycles. The number of aromatic nitrogens is 2. The second-order valence-corrected chi connectivity index (χ2v) is 8.38. The molecular weight excluding hydrogens is 409 g/mol. The molecule has 0 aliphatic carbocycles. The first-order valence-corrected chi connectivity index (χ1v) is 9.75. The summed E-state index contributed by atoms with van der Waals surface area (Å²) in [6, 6.07) is 5.76. The zero-order valence-electron chi connectivity index (χ0n) is 17.5. The molecule has 2 heterocycles. The van der Waals surface area contributed by atoms with Crippen molar-refractivity contribution < 1.29 is 23.6 Å². The standard InChI is InChI=1S/C20H24FN5O5/c1-19(2,3)31-18(28)25-10-4-8-20(21,12-25)17(27)23-15-11-13(14-7-9-22-24-14)5-6-16(15)26(29)30/h5-7,9,11H,4,8,10,12H2,1-3H3,(H,22,24)(H,23,27). The molecule has 1 saturated heterocycles. The number of nitrogens with one attached hydrogen (secondary N) is 2. The highest BCUT2D eigenvalue weighted by Gasteiger charge is 2.45. The van der Waals surface area contributed by atoms with Crippen molar-refractivity contribution >= 4 is 23.4 Å². The SMILES string of the molecule is CC(C)(C)OC(=O)N1CCCC(F)(C(=O)Nc2cc(-c3ccn[nH]3)ccc2[N+](=O)[O-])C1. The summed E-state index contributed by atoms with van der Waals surface area (Å²) in [5.41, 5.74) is -2.58. The first-order chi connectivity index (χ1) is 14.5. The number of carbonyl (C=O) groups excluding carboxylic acids is 2. The summed E-state index contributed by atoms with van der Waals surface area (Å²) in [4.78, 5) is 37.0. The number of amides is 2. The molecule has 1 aliphatic heterocycles. The van der Waals surface area contributed by atoms with Crippen molar-refractivity contribution in [2.75, 3.05) is 18.4 Å². The second kappa shape index (κ2) is 8.32. The Morgan fingerprint density at radius 3 is 2.71 bits per heavy atom. The molecule has 31 heavy (non-hydrogen) atoms. The van der Waals surface area contributed by atoms with E-state index < -0.39 is 34.7 Å². The predicted molar refractivity (Wildman–Crippen MR) is 110 cm³/mol. The van der Waals surface area contributed by atoms with Gasteiger partial charge in [-0.3, -0.25) is 20.0 Å². The fourth-order valence-electron chi connectivity index (χ4n) is 3.29. The molecule has 1 aromatic heterocycles. The number of anilines is 1. The fraction of sp³-hybridized carbons (Fsp3) is 0.450. The topological polar surface area (TPSA) is 130 Å². The minimum Gasteiger partial charge on any atom is -0.444 e. The van der Waals surface area contributed by atoms with E-state index in [-0.39, 0.29) is 30.8 Å². The number of ether oxygens (including phenoxy) is 1. The number of H-pyrrole nitrogens is 1. The summed E-state index contributed by atoms with van der Waals surface area (Å²) in [5.74, 6) is -1.05. The Balaban J connectivity index is 1.82. The van der Waals surface area contributed by atoms with Crippen molar-refractivity contribution in [3.8, 4) is 11.3 Å². The monoisotopic (exact) mass is 433 g/mol. The summed E-state index contributed by atoms with van der Waals surface area (Å²) < 4.78 is 20.8. The minimum atomic E-state index is -2.41. The van der Waals surface area contributed by atoms with Crippen LogP contribution in [0.1, 0.15) is 33.6 Å². The number of aromatic amines is 1. The first-order valence-electron chi connectivity index (χ1n) is 9.75. The number of rotatable bonds is 4. The van der Waals surface area contributed by atoms with E-state index in [0.29, 0.717) is 11.3 Å². The lowest BCUT2D eigenvalue weighted by atomic mass is 9.93. The van der Waals surface area contributed by atoms with Gasteiger partial charge < -0.3 is 15.0 Å². The van der Waals surface area contributed by atoms with Crippen molar-refractivity contribution in [1.29, 1.82) is 0 Å². The number of nitro benzene ring substituents is 1. The van der Waals surface area contributed by atoms with Gasteiger partial charge in [0.1, 0.15) is 11.3 Å². The number of piperidine rings is 1. The second-order valence-electron chi connectivity index (χ2n) is 8.38. The van der Waals surface area contributed by atoms with Gasteiger partial charge in [0.25, 0.3) is 11.6 Å². The third kappa shape index (κ3) is 5.16. The number of nitrogens with zero attached hydrogens (tertiary/aromatic N) is 3. The number of alkyl halides is 1. The van der Waals surface area contributed by atoms with Gasteiger partial charge in [0.05, 0.1) is 17.2 Å². The summed E-state index contributed by atoms with van der Waals surface area (Å²) in [6.45, 7) is 4.83. The average molecular weight is 433 g/mol. The fourth-order valence-corrected chi connectivity index (χ4v) is 3.29. The number of nitro groups is 1. The highest BCUT2D eigenvalue weighted by Crippen LogP contribution is 2.33. The van der Waals surface area contributed by atoms with Crippen LogP contribution in [0.5, 0.6) is 0 Å². The quantitative estimate of drug-likeness (QED) is 0.559. The molecule has 0 spiro atoms. The zero-order valence-corrected chi connectivity index (χ0v) is 17.5. The number of carbonyl (C=O) groups is 2. The minimum absolute atomic E-state index is 0.119. The van der Waals surface area contributed by atoms with Crippen LogP contribution in [0, 0.1) is 10.1 Å². The Bertz CT molecular complexity index is 988. The summed E-state index contributed by atoms with van der Waals surface area (Å²) in [6.07, 6.45) is 0.930. The highest BCUT2D eigenvalue weighted by atomic mass is 19.1. The van der Waals surface area contributed by atoms with E-state index in [9.17, 15) is 19.7 Å². The molecule has 2 aromatic rings. The molecule has 10 nitrogen and oxygen atoms in total. The van der Waals surface area contributed by atoms with Gasteiger partial charge in [-0.1, -0.05) is 0 Å². The van der Waals surface area contributed by atoms with Crippen molar-refractivity contribution in [2.45, 2.75) is 44.9 Å². The van der Waals surface area contributed by atoms with Crippen LogP contribution in [0.3, 0.4) is 0 Å². The van der Waals surface area contributed by atoms with Gasteiger partial charge in [0, 0.05) is 24.4 Å². The summed E-state index contributed by atoms with van der Waals surface area (Å²) >= 11 is 0. The van der Waals surface area contributed by atoms with Crippen LogP contribution in [-0.2, 0) is 9.53 Å². The van der Waals surface area contributed by atoms with Crippen molar-refractivity contribution in [3.05, 3.63) is 40.6 Å². The molecule has 0 radical (unpaired) electrons. The highest BCUT2D eigenvalue weighted by molar-refractivity contribution is 6.00. The maximum atomic E-state index is 15.6. The zero-order chi connectivity index (χ0) is 22.8. The van der Waals surface area contributed by atoms with Gasteiger partial charge in [0.15, 0.2) is 0 Å². The predicted octanol–water partition coefficient (Wildman–Crippen LogP) is 3.66. The van der Waals surface area contributed by atoms with E-state index in [2.05, 4.69) is 15.5 Å². The van der Waals surface area contributed by atoms with E-state index in [1.165, 1.54) is 24.4 Å². The molecule has 2 N–H and O–H groups in total. The molecule has 2 amide bonds. The molecule has 166 valence electrons. The normalized spacial score (nSPS) is 19.0. The van der Waals surface area contributed by atoms with E-state index in [1.807, 2.05) is 0 Å². The third-order valence-electron chi connectivity index (χ3n) is 4.75. The average Bonchev–Trinajstić information content (AvgIpc) is 3.21. The van der Waals surface area contributed by atoms with Gasteiger partial charge in [-0.15, -0.1) is 0 Å². The largest absolute Gasteiger partial charge is 0.444 e. The van der Waals surface area contributed by atoms with Crippen LogP contribution in [-0.4, -0.2) is 56.4 Å². The molecule has 11 heteroatoms. The Morgan fingerprint density at radius 2 is 2.10 bits per heavy atom. The number of benzene rings is 1. The Labute approximate surface area is 177 Å². The number of hydrogen-bond donors (Lipinski definition) is 2. The molecule has 0 bridgehead atoms. The van der Waals surface area contributed by atoms with Crippen LogP contribution < -0.4 is 5.32 Å². The smallest absolute Gasteiger partial charge is 0.410 e. The maximum Gasteiger partial charge on any atom is 0.410 e. The van der Waals surface area contributed by atoms with Crippen LogP contribution in [0.15, 0.2) is 30.5 Å². The Hall–Kier alpha value is -3.50. The van der Waals surface area contributed by atoms with Gasteiger partial charge in [-0.2, -0.15) is 5.10 Å². The van der Waals surface area contributed by atoms with E-state index in [4.69, 9.17) is 4.74 Å². The van der Waals surface area contributed by atoms with Crippen LogP contribution >= 0.6 is 0 Å². The summed E-state index contributed by atoms with van der Waals surface area (Å²) in [7, 11) is 0. The van der Waals surface area contributed by atoms with Crippen LogP contribution in [0.4, 0.5) is 20.6 Å². The summed E-state index contributed by atoms with van der Waals surface area (Å²) in [5, 5.41) is 20.3. The van der Waals surface area contributed by atoms with E-state index in [0.717, 1.165) is 4.90 Å². The van der Waals surface area contributed by atoms with Gasteiger partial charge in [-0.25, -0.2) is 9.18 Å². The number of hydrogen-bond acceptors (Lipinski definition) is 6. The Kier molecular flexibility index (Phi) is 5.96. The van der Waals surface area contributed by atoms with E-state index >= 15 is 4.39 Å². The molecule has 1 unspecified atom stereocenters. The lowest BCUT2D eigenvalue weighted by molar-refractivity contribution is -0.383. The maximum absolute atomic E-state index is 15.6. The number of likely N-dealkylation sites (tertiary alicyclic amines) is 1. The van der Waals surface area contributed by atoms with Crippen molar-refractivity contribution in [2.24, 2.45) is 0 Å². The first kappa shape index (κ1) is 22.2. The van der Waals surface area contributed by atoms with Crippen molar-refractivity contribution in [3.63, 3.8) is 0 Å². The van der Waals surface area contributed by atoms with Gasteiger partial charge in [-0.05, 0) is 51.8 Å². The van der Waals surface area contributed by atoms with Crippen LogP contribution in [0.2, 0.25) is 0 Å².